The van der Waals surface area contributed by atoms with Gasteiger partial charge in [-0.1, -0.05) is 24.3 Å². The number of likely N-dealkylation sites (tertiary alicyclic amines) is 1. The first-order chi connectivity index (χ1) is 13.4. The van der Waals surface area contributed by atoms with Crippen LogP contribution in [0.15, 0.2) is 53.4 Å². The van der Waals surface area contributed by atoms with Gasteiger partial charge in [0.2, 0.25) is 5.91 Å². The topological polar surface area (TPSA) is 66.5 Å². The lowest BCUT2D eigenvalue weighted by atomic mass is 10.1. The van der Waals surface area contributed by atoms with E-state index in [2.05, 4.69) is 10.2 Å². The number of nitrogens with one attached hydrogen (secondary N) is 1. The van der Waals surface area contributed by atoms with Crippen molar-refractivity contribution in [3.05, 3.63) is 65.5 Å². The number of amides is 1. The quantitative estimate of drug-likeness (QED) is 0.721. The average molecular weight is 405 g/mol. The van der Waals surface area contributed by atoms with Gasteiger partial charge in [0.05, 0.1) is 4.90 Å². The van der Waals surface area contributed by atoms with Gasteiger partial charge in [0.15, 0.2) is 9.84 Å². The Hall–Kier alpha value is -2.25. The van der Waals surface area contributed by atoms with Crippen molar-refractivity contribution in [3.63, 3.8) is 0 Å². The molecule has 0 aliphatic carbocycles. The minimum absolute atomic E-state index is 0.0639. The molecular formula is C21H25FN2O3S. The molecule has 3 rings (SSSR count). The summed E-state index contributed by atoms with van der Waals surface area (Å²) in [6, 6.07) is 12.4. The maximum atomic E-state index is 13.0. The van der Waals surface area contributed by atoms with E-state index in [1.807, 2.05) is 24.3 Å². The van der Waals surface area contributed by atoms with Crippen LogP contribution >= 0.6 is 0 Å². The van der Waals surface area contributed by atoms with Gasteiger partial charge in [-0.15, -0.1) is 0 Å². The smallest absolute Gasteiger partial charge is 0.238 e. The van der Waals surface area contributed by atoms with Gasteiger partial charge < -0.3 is 5.32 Å². The summed E-state index contributed by atoms with van der Waals surface area (Å²) in [5.74, 6) is -1.09. The van der Waals surface area contributed by atoms with Gasteiger partial charge in [-0.3, -0.25) is 9.69 Å². The number of sulfone groups is 1. The van der Waals surface area contributed by atoms with Crippen LogP contribution in [0.5, 0.6) is 0 Å². The molecule has 2 aromatic rings. The van der Waals surface area contributed by atoms with Crippen LogP contribution in [0.1, 0.15) is 30.9 Å². The minimum atomic E-state index is -3.88. The van der Waals surface area contributed by atoms with Crippen LogP contribution in [0.4, 0.5) is 4.39 Å². The number of hydrogen-bond acceptors (Lipinski definition) is 4. The predicted octanol–water partition coefficient (Wildman–Crippen LogP) is 2.90. The molecule has 1 amide bonds. The van der Waals surface area contributed by atoms with Crippen molar-refractivity contribution in [1.29, 1.82) is 0 Å². The Morgan fingerprint density at radius 2 is 1.68 bits per heavy atom. The van der Waals surface area contributed by atoms with E-state index in [-0.39, 0.29) is 11.4 Å². The molecule has 1 saturated heterocycles. The first kappa shape index (κ1) is 20.5. The first-order valence-electron chi connectivity index (χ1n) is 9.44. The molecule has 1 fully saturated rings. The maximum absolute atomic E-state index is 13.0. The molecule has 1 atom stereocenters. The normalized spacial score (nSPS) is 16.1. The number of hydrogen-bond donors (Lipinski definition) is 1. The van der Waals surface area contributed by atoms with E-state index in [9.17, 15) is 17.6 Å². The fourth-order valence-electron chi connectivity index (χ4n) is 3.36. The molecule has 2 aromatic carbocycles. The van der Waals surface area contributed by atoms with Gasteiger partial charge in [-0.05, 0) is 68.2 Å². The Balaban J connectivity index is 1.66. The zero-order valence-corrected chi connectivity index (χ0v) is 16.7. The predicted molar refractivity (Wildman–Crippen MR) is 106 cm³/mol. The standard InChI is InChI=1S/C21H25FN2O3S/c1-16(28(26,27)20-10-8-19(22)9-11-20)21(25)23-14-17-6-2-3-7-18(17)15-24-12-4-5-13-24/h2-3,6-11,16H,4-5,12-15H2,1H3,(H,23,25). The fraction of sp³-hybridized carbons (Fsp3) is 0.381. The van der Waals surface area contributed by atoms with E-state index in [4.69, 9.17) is 0 Å². The van der Waals surface area contributed by atoms with Crippen LogP contribution in [0.2, 0.25) is 0 Å². The zero-order chi connectivity index (χ0) is 20.1. The first-order valence-corrected chi connectivity index (χ1v) is 11.0. The van der Waals surface area contributed by atoms with Gasteiger partial charge in [-0.2, -0.15) is 0 Å². The van der Waals surface area contributed by atoms with Crippen LogP contribution in [-0.2, 0) is 27.7 Å². The van der Waals surface area contributed by atoms with Crippen LogP contribution in [0.3, 0.4) is 0 Å². The third-order valence-corrected chi connectivity index (χ3v) is 7.22. The molecule has 0 bridgehead atoms. The highest BCUT2D eigenvalue weighted by molar-refractivity contribution is 7.92. The summed E-state index contributed by atoms with van der Waals surface area (Å²) < 4.78 is 38.3. The molecule has 0 radical (unpaired) electrons. The van der Waals surface area contributed by atoms with Crippen molar-refractivity contribution in [2.45, 2.75) is 43.0 Å². The monoisotopic (exact) mass is 404 g/mol. The number of halogens is 1. The van der Waals surface area contributed by atoms with Crippen molar-refractivity contribution in [3.8, 4) is 0 Å². The van der Waals surface area contributed by atoms with Gasteiger partial charge in [0, 0.05) is 13.1 Å². The van der Waals surface area contributed by atoms with Crippen LogP contribution < -0.4 is 5.32 Å². The zero-order valence-electron chi connectivity index (χ0n) is 15.9. The molecule has 0 aromatic heterocycles. The van der Waals surface area contributed by atoms with E-state index >= 15 is 0 Å². The average Bonchev–Trinajstić information content (AvgIpc) is 3.20. The number of carbonyl (C=O) groups is 1. The van der Waals surface area contributed by atoms with Gasteiger partial charge in [-0.25, -0.2) is 12.8 Å². The molecule has 1 aliphatic heterocycles. The molecular weight excluding hydrogens is 379 g/mol. The second kappa shape index (κ2) is 8.84. The molecule has 5 nitrogen and oxygen atoms in total. The summed E-state index contributed by atoms with van der Waals surface area (Å²) in [5.41, 5.74) is 2.12. The van der Waals surface area contributed by atoms with Crippen LogP contribution in [0.25, 0.3) is 0 Å². The van der Waals surface area contributed by atoms with Crippen LogP contribution in [-0.4, -0.2) is 37.6 Å². The Labute approximate surface area is 165 Å². The number of benzene rings is 2. The van der Waals surface area contributed by atoms with Crippen molar-refractivity contribution in [2.75, 3.05) is 13.1 Å². The molecule has 28 heavy (non-hydrogen) atoms. The Morgan fingerprint density at radius 3 is 2.32 bits per heavy atom. The molecule has 7 heteroatoms. The van der Waals surface area contributed by atoms with Gasteiger partial charge >= 0.3 is 0 Å². The molecule has 1 heterocycles. The second-order valence-electron chi connectivity index (χ2n) is 7.11. The third kappa shape index (κ3) is 4.77. The van der Waals surface area contributed by atoms with E-state index in [0.717, 1.165) is 42.9 Å². The number of nitrogens with zero attached hydrogens (tertiary/aromatic N) is 1. The molecule has 1 unspecified atom stereocenters. The molecule has 1 aliphatic rings. The van der Waals surface area contributed by atoms with Gasteiger partial charge in [0.25, 0.3) is 0 Å². The highest BCUT2D eigenvalue weighted by atomic mass is 32.2. The van der Waals surface area contributed by atoms with Crippen LogP contribution in [0, 0.1) is 5.82 Å². The summed E-state index contributed by atoms with van der Waals surface area (Å²) in [7, 11) is -3.88. The summed E-state index contributed by atoms with van der Waals surface area (Å²) >= 11 is 0. The summed E-state index contributed by atoms with van der Waals surface area (Å²) in [4.78, 5) is 14.8. The maximum Gasteiger partial charge on any atom is 0.238 e. The Kier molecular flexibility index (Phi) is 6.46. The Bertz CT molecular complexity index is 923. The van der Waals surface area contributed by atoms with Crippen molar-refractivity contribution in [2.24, 2.45) is 0 Å². The lowest BCUT2D eigenvalue weighted by Crippen LogP contribution is -2.37. The summed E-state index contributed by atoms with van der Waals surface area (Å²) in [6.45, 7) is 4.60. The van der Waals surface area contributed by atoms with E-state index in [0.29, 0.717) is 0 Å². The highest BCUT2D eigenvalue weighted by Gasteiger charge is 2.29. The van der Waals surface area contributed by atoms with E-state index < -0.39 is 26.8 Å². The molecule has 0 spiro atoms. The summed E-state index contributed by atoms with van der Waals surface area (Å²) in [6.07, 6.45) is 2.41. The van der Waals surface area contributed by atoms with E-state index in [1.165, 1.54) is 31.9 Å². The summed E-state index contributed by atoms with van der Waals surface area (Å²) in [5, 5.41) is 1.48. The number of carbonyl (C=O) groups excluding carboxylic acids is 1. The minimum Gasteiger partial charge on any atom is -0.351 e. The SMILES string of the molecule is CC(C(=O)NCc1ccccc1CN1CCCC1)S(=O)(=O)c1ccc(F)cc1. The molecule has 150 valence electrons. The third-order valence-electron chi connectivity index (χ3n) is 5.14. The Morgan fingerprint density at radius 1 is 1.07 bits per heavy atom. The van der Waals surface area contributed by atoms with E-state index in [1.54, 1.807) is 0 Å². The lowest BCUT2D eigenvalue weighted by molar-refractivity contribution is -0.120. The highest BCUT2D eigenvalue weighted by Crippen LogP contribution is 2.18. The van der Waals surface area contributed by atoms with Gasteiger partial charge in [0.1, 0.15) is 11.1 Å². The van der Waals surface area contributed by atoms with Crippen molar-refractivity contribution >= 4 is 15.7 Å². The van der Waals surface area contributed by atoms with Crippen molar-refractivity contribution in [1.82, 2.24) is 10.2 Å². The molecule has 0 saturated carbocycles. The second-order valence-corrected chi connectivity index (χ2v) is 9.38. The largest absolute Gasteiger partial charge is 0.351 e. The fourth-order valence-corrected chi connectivity index (χ4v) is 4.65. The molecule has 1 N–H and O–H groups in total. The van der Waals surface area contributed by atoms with Crippen molar-refractivity contribution < 1.29 is 17.6 Å². The lowest BCUT2D eigenvalue weighted by Gasteiger charge is -2.18. The number of rotatable bonds is 7.